The largest absolute Gasteiger partial charge is 0.449 e. The van der Waals surface area contributed by atoms with Crippen molar-refractivity contribution in [2.75, 3.05) is 13.2 Å². The molecule has 0 aromatic carbocycles. The van der Waals surface area contributed by atoms with E-state index in [9.17, 15) is 24.0 Å². The lowest BCUT2D eigenvalue weighted by atomic mass is 9.98. The minimum atomic E-state index is -1.02. The van der Waals surface area contributed by atoms with Crippen LogP contribution in [0.15, 0.2) is 0 Å². The summed E-state index contributed by atoms with van der Waals surface area (Å²) in [5.74, 6) is -3.10. The van der Waals surface area contributed by atoms with Crippen LogP contribution in [-0.2, 0) is 28.8 Å². The maximum absolute atomic E-state index is 13.0. The lowest BCUT2D eigenvalue weighted by molar-refractivity contribution is -0.149. The number of amides is 4. The minimum Gasteiger partial charge on any atom is -0.449 e. The molecule has 1 fully saturated rings. The van der Waals surface area contributed by atoms with E-state index < -0.39 is 47.7 Å². The average molecular weight is 485 g/mol. The zero-order valence-electron chi connectivity index (χ0n) is 21.3. The second-order valence-electron chi connectivity index (χ2n) is 10.5. The van der Waals surface area contributed by atoms with Gasteiger partial charge in [0.1, 0.15) is 12.1 Å². The predicted octanol–water partition coefficient (Wildman–Crippen LogP) is 1.21. The number of carbonyl (C=O) groups excluding carboxylic acids is 5. The van der Waals surface area contributed by atoms with Crippen molar-refractivity contribution in [1.82, 2.24) is 21.4 Å². The van der Waals surface area contributed by atoms with Gasteiger partial charge in [-0.25, -0.2) is 10.3 Å². The van der Waals surface area contributed by atoms with E-state index in [-0.39, 0.29) is 36.9 Å². The van der Waals surface area contributed by atoms with Crippen molar-refractivity contribution < 1.29 is 33.5 Å². The number of ether oxygens (including phenoxy) is 1. The molecule has 1 saturated heterocycles. The van der Waals surface area contributed by atoms with Crippen LogP contribution in [0.25, 0.3) is 0 Å². The minimum absolute atomic E-state index is 0.0444. The van der Waals surface area contributed by atoms with Gasteiger partial charge in [0.05, 0.1) is 19.3 Å². The maximum Gasteiger partial charge on any atom is 0.407 e. The summed E-state index contributed by atoms with van der Waals surface area (Å²) >= 11 is 0. The quantitative estimate of drug-likeness (QED) is 0.359. The van der Waals surface area contributed by atoms with Gasteiger partial charge in [-0.1, -0.05) is 48.5 Å². The lowest BCUT2D eigenvalue weighted by Gasteiger charge is -2.28. The maximum atomic E-state index is 13.0. The first-order chi connectivity index (χ1) is 15.7. The van der Waals surface area contributed by atoms with Crippen LogP contribution in [0, 0.1) is 17.3 Å². The van der Waals surface area contributed by atoms with Gasteiger partial charge in [-0.3, -0.25) is 24.0 Å². The highest BCUT2D eigenvalue weighted by Crippen LogP contribution is 2.14. The highest BCUT2D eigenvalue weighted by molar-refractivity contribution is 6.38. The number of alkyl carbamates (subject to hydrolysis) is 1. The van der Waals surface area contributed by atoms with Crippen molar-refractivity contribution in [1.29, 1.82) is 0 Å². The van der Waals surface area contributed by atoms with E-state index in [2.05, 4.69) is 16.0 Å². The molecule has 4 amide bonds. The third-order valence-corrected chi connectivity index (χ3v) is 4.96. The Morgan fingerprint density at radius 2 is 1.74 bits per heavy atom. The van der Waals surface area contributed by atoms with E-state index in [0.29, 0.717) is 12.8 Å². The van der Waals surface area contributed by atoms with E-state index in [1.165, 1.54) is 0 Å². The Labute approximate surface area is 201 Å². The zero-order valence-corrected chi connectivity index (χ0v) is 21.3. The van der Waals surface area contributed by atoms with Crippen LogP contribution in [0.3, 0.4) is 0 Å². The van der Waals surface area contributed by atoms with Crippen LogP contribution in [0.1, 0.15) is 67.7 Å². The lowest BCUT2D eigenvalue weighted by Crippen LogP contribution is -2.58. The van der Waals surface area contributed by atoms with Gasteiger partial charge >= 0.3 is 12.0 Å². The molecule has 0 aliphatic carbocycles. The molecule has 0 saturated carbocycles. The first-order valence-electron chi connectivity index (χ1n) is 11.7. The third-order valence-electron chi connectivity index (χ3n) is 4.96. The Morgan fingerprint density at radius 3 is 2.29 bits per heavy atom. The number of rotatable bonds is 9. The van der Waals surface area contributed by atoms with Crippen LogP contribution in [0.2, 0.25) is 0 Å². The molecule has 11 heteroatoms. The number of ketones is 1. The Hall–Kier alpha value is -2.69. The number of hydrogen-bond donors (Lipinski definition) is 4. The molecular formula is C23H40N4O7. The Bertz CT molecular complexity index is 746. The van der Waals surface area contributed by atoms with Crippen molar-refractivity contribution >= 4 is 29.6 Å². The van der Waals surface area contributed by atoms with Crippen molar-refractivity contribution in [2.24, 2.45) is 17.3 Å². The number of hydrogen-bond acceptors (Lipinski definition) is 7. The van der Waals surface area contributed by atoms with Crippen molar-refractivity contribution in [2.45, 2.75) is 85.9 Å². The topological polar surface area (TPSA) is 152 Å². The van der Waals surface area contributed by atoms with Crippen molar-refractivity contribution in [3.8, 4) is 0 Å². The highest BCUT2D eigenvalue weighted by Gasteiger charge is 2.33. The van der Waals surface area contributed by atoms with Crippen LogP contribution < -0.4 is 21.4 Å². The predicted molar refractivity (Wildman–Crippen MR) is 124 cm³/mol. The van der Waals surface area contributed by atoms with Gasteiger partial charge in [-0.05, 0) is 36.5 Å². The van der Waals surface area contributed by atoms with Gasteiger partial charge in [0, 0.05) is 0 Å². The molecule has 0 bridgehead atoms. The fourth-order valence-electron chi connectivity index (χ4n) is 3.18. The molecule has 34 heavy (non-hydrogen) atoms. The van der Waals surface area contributed by atoms with Gasteiger partial charge in [0.2, 0.25) is 17.6 Å². The summed E-state index contributed by atoms with van der Waals surface area (Å²) in [6.07, 6.45) is 0.263. The monoisotopic (exact) mass is 484 g/mol. The number of Topliss-reactive ketones (excluding diaryl/α,β-unsaturated/α-hetero) is 1. The molecule has 1 aliphatic rings. The highest BCUT2D eigenvalue weighted by atomic mass is 16.7. The second-order valence-corrected chi connectivity index (χ2v) is 10.5. The number of carbonyl (C=O) groups is 5. The van der Waals surface area contributed by atoms with Crippen molar-refractivity contribution in [3.05, 3.63) is 0 Å². The molecule has 3 unspecified atom stereocenters. The molecule has 11 nitrogen and oxygen atoms in total. The van der Waals surface area contributed by atoms with E-state index in [0.717, 1.165) is 0 Å². The molecule has 3 atom stereocenters. The van der Waals surface area contributed by atoms with Crippen LogP contribution in [0.5, 0.6) is 0 Å². The van der Waals surface area contributed by atoms with E-state index >= 15 is 0 Å². The van der Waals surface area contributed by atoms with Crippen LogP contribution in [0.4, 0.5) is 4.79 Å². The third kappa shape index (κ3) is 10.5. The Kier molecular flexibility index (Phi) is 11.4. The summed E-state index contributed by atoms with van der Waals surface area (Å²) in [6.45, 7) is 13.4. The average Bonchev–Trinajstić information content (AvgIpc) is 2.71. The molecule has 4 N–H and O–H groups in total. The molecule has 0 aromatic heterocycles. The van der Waals surface area contributed by atoms with Gasteiger partial charge in [0.25, 0.3) is 0 Å². The first kappa shape index (κ1) is 29.3. The SMILES string of the molecule is CC(C)CC(NC(=O)C(NC(=O)OCC(C)(C)C)C(C)C)C(=O)NC1CCCONC(=O)C1=O. The van der Waals surface area contributed by atoms with Gasteiger partial charge in [-0.15, -0.1) is 0 Å². The molecule has 0 aromatic rings. The molecule has 1 rings (SSSR count). The van der Waals surface area contributed by atoms with E-state index in [1.54, 1.807) is 13.8 Å². The van der Waals surface area contributed by atoms with Gasteiger partial charge in [0.15, 0.2) is 0 Å². The molecule has 1 heterocycles. The molecular weight excluding hydrogens is 444 g/mol. The summed E-state index contributed by atoms with van der Waals surface area (Å²) in [5, 5.41) is 7.85. The second kappa shape index (κ2) is 13.3. The van der Waals surface area contributed by atoms with E-state index in [4.69, 9.17) is 9.57 Å². The summed E-state index contributed by atoms with van der Waals surface area (Å²) in [7, 11) is 0. The number of nitrogens with one attached hydrogen (secondary N) is 4. The molecule has 0 spiro atoms. The molecule has 194 valence electrons. The van der Waals surface area contributed by atoms with Gasteiger partial charge < -0.3 is 20.7 Å². The Morgan fingerprint density at radius 1 is 1.09 bits per heavy atom. The van der Waals surface area contributed by atoms with Gasteiger partial charge in [-0.2, -0.15) is 0 Å². The normalized spacial score (nSPS) is 18.9. The summed E-state index contributed by atoms with van der Waals surface area (Å²) in [4.78, 5) is 67.2. The first-order valence-corrected chi connectivity index (χ1v) is 11.7. The van der Waals surface area contributed by atoms with Crippen molar-refractivity contribution in [3.63, 3.8) is 0 Å². The Balaban J connectivity index is 2.89. The number of hydroxylamine groups is 1. The fourth-order valence-corrected chi connectivity index (χ4v) is 3.18. The summed E-state index contributed by atoms with van der Waals surface area (Å²) in [6, 6.07) is -2.91. The van der Waals surface area contributed by atoms with Crippen LogP contribution in [-0.4, -0.2) is 60.9 Å². The van der Waals surface area contributed by atoms with Crippen LogP contribution >= 0.6 is 0 Å². The summed E-state index contributed by atoms with van der Waals surface area (Å²) in [5.41, 5.74) is 1.80. The fraction of sp³-hybridized carbons (Fsp3) is 0.783. The zero-order chi connectivity index (χ0) is 26.1. The molecule has 1 aliphatic heterocycles. The summed E-state index contributed by atoms with van der Waals surface area (Å²) < 4.78 is 5.20. The van der Waals surface area contributed by atoms with E-state index in [1.807, 2.05) is 40.1 Å². The standard InChI is InChI=1S/C23H40N4O7/c1-13(2)11-16(19(29)24-15-9-8-10-34-27-21(31)18(15)28)25-20(30)17(14(3)4)26-22(32)33-12-23(5,6)7/h13-17H,8-12H2,1-7H3,(H,24,29)(H,25,30)(H,26,32)(H,27,31). The smallest absolute Gasteiger partial charge is 0.407 e. The molecule has 0 radical (unpaired) electrons.